The number of hydrogen-bond donors (Lipinski definition) is 0. The molecule has 29 heavy (non-hydrogen) atoms. The molecule has 0 unspecified atom stereocenters. The molecule has 9 heteroatoms. The number of fused-ring (bicyclic) bond motifs is 1. The first-order valence-electron chi connectivity index (χ1n) is 9.04. The highest BCUT2D eigenvalue weighted by molar-refractivity contribution is 7.89. The predicted octanol–water partition coefficient (Wildman–Crippen LogP) is 3.30. The summed E-state index contributed by atoms with van der Waals surface area (Å²) in [4.78, 5) is 14.4. The van der Waals surface area contributed by atoms with E-state index >= 15 is 0 Å². The first-order chi connectivity index (χ1) is 13.9. The van der Waals surface area contributed by atoms with Crippen LogP contribution < -0.4 is 4.74 Å². The Morgan fingerprint density at radius 1 is 0.931 bits per heavy atom. The van der Waals surface area contributed by atoms with Crippen LogP contribution in [0.25, 0.3) is 6.08 Å². The van der Waals surface area contributed by atoms with Crippen molar-refractivity contribution in [2.45, 2.75) is 4.90 Å². The fourth-order valence-electron chi connectivity index (χ4n) is 3.43. The summed E-state index contributed by atoms with van der Waals surface area (Å²) in [7, 11) is -3.85. The lowest BCUT2D eigenvalue weighted by molar-refractivity contribution is -0.128. The maximum atomic E-state index is 13.0. The molecule has 0 aromatic heterocycles. The van der Waals surface area contributed by atoms with Crippen molar-refractivity contribution in [2.75, 3.05) is 32.8 Å². The van der Waals surface area contributed by atoms with Gasteiger partial charge in [0.25, 0.3) is 5.91 Å². The molecule has 2 aliphatic rings. The molecule has 2 aromatic carbocycles. The van der Waals surface area contributed by atoms with E-state index in [9.17, 15) is 13.2 Å². The Bertz CT molecular complexity index is 1070. The van der Waals surface area contributed by atoms with Gasteiger partial charge in [-0.25, -0.2) is 8.42 Å². The zero-order chi connectivity index (χ0) is 20.6. The summed E-state index contributed by atoms with van der Waals surface area (Å²) < 4.78 is 32.9. The molecule has 1 saturated heterocycles. The van der Waals surface area contributed by atoms with Crippen LogP contribution in [0, 0.1) is 0 Å². The number of piperazine rings is 1. The lowest BCUT2D eigenvalue weighted by Gasteiger charge is -2.35. The van der Waals surface area contributed by atoms with Crippen molar-refractivity contribution in [2.24, 2.45) is 0 Å². The number of ether oxygens (including phenoxy) is 1. The number of carbonyl (C=O) groups excluding carboxylic acids is 1. The molecule has 1 amide bonds. The van der Waals surface area contributed by atoms with Crippen LogP contribution >= 0.6 is 23.2 Å². The van der Waals surface area contributed by atoms with Crippen LogP contribution in [-0.2, 0) is 14.8 Å². The smallest absolute Gasteiger partial charge is 0.253 e. The highest BCUT2D eigenvalue weighted by Crippen LogP contribution is 2.32. The summed E-state index contributed by atoms with van der Waals surface area (Å²) in [6.07, 6.45) is 1.83. The van der Waals surface area contributed by atoms with Gasteiger partial charge < -0.3 is 9.64 Å². The van der Waals surface area contributed by atoms with E-state index < -0.39 is 10.0 Å². The summed E-state index contributed by atoms with van der Waals surface area (Å²) in [6, 6.07) is 12.1. The summed E-state index contributed by atoms with van der Waals surface area (Å²) in [6.45, 7) is 1.09. The molecule has 0 bridgehead atoms. The van der Waals surface area contributed by atoms with Crippen LogP contribution in [0.2, 0.25) is 10.0 Å². The second-order valence-electron chi connectivity index (χ2n) is 6.74. The highest BCUT2D eigenvalue weighted by atomic mass is 35.5. The highest BCUT2D eigenvalue weighted by Gasteiger charge is 2.34. The Labute approximate surface area is 179 Å². The minimum Gasteiger partial charge on any atom is -0.488 e. The van der Waals surface area contributed by atoms with Gasteiger partial charge in [-0.05, 0) is 24.3 Å². The van der Waals surface area contributed by atoms with Gasteiger partial charge in [-0.15, -0.1) is 0 Å². The third-order valence-corrected chi connectivity index (χ3v) is 7.80. The van der Waals surface area contributed by atoms with Gasteiger partial charge in [-0.3, -0.25) is 4.79 Å². The van der Waals surface area contributed by atoms with Gasteiger partial charge in [0.2, 0.25) is 10.0 Å². The van der Waals surface area contributed by atoms with E-state index in [0.717, 1.165) is 11.3 Å². The van der Waals surface area contributed by atoms with E-state index in [4.69, 9.17) is 27.9 Å². The fourth-order valence-corrected chi connectivity index (χ4v) is 5.95. The number of halogens is 2. The standard InChI is InChI=1S/C20H18Cl2N2O4S/c21-16-5-3-6-17(22)19(16)29(26,27)24-10-8-23(9-11-24)20(25)15-12-14-4-1-2-7-18(14)28-13-15/h1-7,12H,8-11,13H2. The molecule has 6 nitrogen and oxygen atoms in total. The number of benzene rings is 2. The van der Waals surface area contributed by atoms with E-state index in [2.05, 4.69) is 0 Å². The van der Waals surface area contributed by atoms with E-state index in [-0.39, 0.29) is 53.6 Å². The predicted molar refractivity (Wildman–Crippen MR) is 112 cm³/mol. The van der Waals surface area contributed by atoms with E-state index in [1.165, 1.54) is 16.4 Å². The number of rotatable bonds is 3. The SMILES string of the molecule is O=C(C1=Cc2ccccc2OC1)N1CCN(S(=O)(=O)c2c(Cl)cccc2Cl)CC1. The Hall–Kier alpha value is -2.06. The third-order valence-electron chi connectivity index (χ3n) is 4.95. The van der Waals surface area contributed by atoms with Crippen molar-refractivity contribution >= 4 is 45.2 Å². The Kier molecular flexibility index (Phi) is 5.57. The van der Waals surface area contributed by atoms with Gasteiger partial charge >= 0.3 is 0 Å². The average molecular weight is 453 g/mol. The number of hydrogen-bond acceptors (Lipinski definition) is 4. The van der Waals surface area contributed by atoms with Crippen molar-refractivity contribution in [3.05, 3.63) is 63.6 Å². The average Bonchev–Trinajstić information content (AvgIpc) is 2.72. The molecule has 152 valence electrons. The molecule has 2 aromatic rings. The van der Waals surface area contributed by atoms with Gasteiger partial charge in [-0.2, -0.15) is 4.31 Å². The number of sulfonamides is 1. The van der Waals surface area contributed by atoms with Crippen molar-refractivity contribution in [1.29, 1.82) is 0 Å². The quantitative estimate of drug-likeness (QED) is 0.716. The normalized spacial score (nSPS) is 17.3. The number of para-hydroxylation sites is 1. The molecule has 1 fully saturated rings. The molecule has 0 N–H and O–H groups in total. The molecule has 0 spiro atoms. The molecule has 4 rings (SSSR count). The largest absolute Gasteiger partial charge is 0.488 e. The van der Waals surface area contributed by atoms with Crippen molar-refractivity contribution < 1.29 is 17.9 Å². The second-order valence-corrected chi connectivity index (χ2v) is 9.43. The Balaban J connectivity index is 1.47. The topological polar surface area (TPSA) is 66.9 Å². The van der Waals surface area contributed by atoms with Gasteiger partial charge in [0.15, 0.2) is 0 Å². The van der Waals surface area contributed by atoms with Crippen molar-refractivity contribution in [3.8, 4) is 5.75 Å². The molecule has 0 aliphatic carbocycles. The van der Waals surface area contributed by atoms with Crippen LogP contribution in [-0.4, -0.2) is 56.3 Å². The van der Waals surface area contributed by atoms with Gasteiger partial charge in [0, 0.05) is 31.7 Å². The van der Waals surface area contributed by atoms with Crippen LogP contribution in [0.1, 0.15) is 5.56 Å². The monoisotopic (exact) mass is 452 g/mol. The van der Waals surface area contributed by atoms with E-state index in [0.29, 0.717) is 5.57 Å². The maximum absolute atomic E-state index is 13.0. The van der Waals surface area contributed by atoms with Crippen LogP contribution in [0.5, 0.6) is 5.75 Å². The van der Waals surface area contributed by atoms with Crippen molar-refractivity contribution in [1.82, 2.24) is 9.21 Å². The fraction of sp³-hybridized carbons (Fsp3) is 0.250. The zero-order valence-corrected chi connectivity index (χ0v) is 17.7. The number of carbonyl (C=O) groups is 1. The summed E-state index contributed by atoms with van der Waals surface area (Å²) >= 11 is 12.2. The zero-order valence-electron chi connectivity index (χ0n) is 15.3. The first-order valence-corrected chi connectivity index (χ1v) is 11.2. The van der Waals surface area contributed by atoms with Crippen molar-refractivity contribution in [3.63, 3.8) is 0 Å². The number of nitrogens with zero attached hydrogens (tertiary/aromatic N) is 2. The lowest BCUT2D eigenvalue weighted by atomic mass is 10.1. The first kappa shape index (κ1) is 20.2. The molecular formula is C20H18Cl2N2O4S. The number of amides is 1. The molecule has 2 heterocycles. The van der Waals surface area contributed by atoms with Crippen LogP contribution in [0.15, 0.2) is 52.9 Å². The molecule has 2 aliphatic heterocycles. The summed E-state index contributed by atoms with van der Waals surface area (Å²) in [5, 5.41) is 0.165. The maximum Gasteiger partial charge on any atom is 0.253 e. The van der Waals surface area contributed by atoms with Crippen LogP contribution in [0.3, 0.4) is 0 Å². The second kappa shape index (κ2) is 7.99. The van der Waals surface area contributed by atoms with Crippen LogP contribution in [0.4, 0.5) is 0 Å². The van der Waals surface area contributed by atoms with Gasteiger partial charge in [0.1, 0.15) is 17.3 Å². The van der Waals surface area contributed by atoms with E-state index in [1.54, 1.807) is 11.0 Å². The van der Waals surface area contributed by atoms with Gasteiger partial charge in [0.05, 0.1) is 15.6 Å². The molecule has 0 radical (unpaired) electrons. The summed E-state index contributed by atoms with van der Waals surface area (Å²) in [5.74, 6) is 0.601. The Morgan fingerprint density at radius 2 is 1.59 bits per heavy atom. The third kappa shape index (κ3) is 3.88. The summed E-state index contributed by atoms with van der Waals surface area (Å²) in [5.41, 5.74) is 1.41. The van der Waals surface area contributed by atoms with Gasteiger partial charge in [-0.1, -0.05) is 47.5 Å². The Morgan fingerprint density at radius 3 is 2.28 bits per heavy atom. The minimum absolute atomic E-state index is 0.0826. The molecule has 0 atom stereocenters. The lowest BCUT2D eigenvalue weighted by Crippen LogP contribution is -2.51. The molecular weight excluding hydrogens is 435 g/mol. The van der Waals surface area contributed by atoms with E-state index in [1.807, 2.05) is 30.3 Å². The minimum atomic E-state index is -3.85. The molecule has 0 saturated carbocycles.